The van der Waals surface area contributed by atoms with Crippen molar-refractivity contribution >= 4 is 0 Å². The predicted octanol–water partition coefficient (Wildman–Crippen LogP) is 3.44. The maximum Gasteiger partial charge on any atom is 0.0462 e. The first kappa shape index (κ1) is 15.2. The van der Waals surface area contributed by atoms with E-state index in [0.29, 0.717) is 11.8 Å². The summed E-state index contributed by atoms with van der Waals surface area (Å²) in [5.41, 5.74) is 1.44. The molecule has 1 rings (SSSR count). The molecule has 0 bridgehead atoms. The predicted molar refractivity (Wildman–Crippen MR) is 78.0 cm³/mol. The molecule has 0 aliphatic rings. The van der Waals surface area contributed by atoms with Gasteiger partial charge in [0.05, 0.1) is 0 Å². The average Bonchev–Trinajstić information content (AvgIpc) is 2.38. The van der Waals surface area contributed by atoms with Gasteiger partial charge in [-0.1, -0.05) is 44.2 Å². The van der Waals surface area contributed by atoms with E-state index in [1.54, 1.807) is 7.11 Å². The van der Waals surface area contributed by atoms with Gasteiger partial charge >= 0.3 is 0 Å². The smallest absolute Gasteiger partial charge is 0.0462 e. The van der Waals surface area contributed by atoms with E-state index in [-0.39, 0.29) is 0 Å². The number of nitrogens with one attached hydrogen (secondary N) is 1. The van der Waals surface area contributed by atoms with Crippen LogP contribution in [0.2, 0.25) is 0 Å². The number of hydrogen-bond acceptors (Lipinski definition) is 2. The Bertz CT molecular complexity index is 297. The van der Waals surface area contributed by atoms with E-state index in [4.69, 9.17) is 4.74 Å². The molecule has 1 atom stereocenters. The molecule has 0 radical (unpaired) electrons. The zero-order valence-electron chi connectivity index (χ0n) is 12.0. The first-order chi connectivity index (χ1) is 8.74. The molecule has 0 fully saturated rings. The van der Waals surface area contributed by atoms with Crippen LogP contribution < -0.4 is 5.32 Å². The summed E-state index contributed by atoms with van der Waals surface area (Å²) in [4.78, 5) is 0. The lowest BCUT2D eigenvalue weighted by molar-refractivity contribution is 0.190. The van der Waals surface area contributed by atoms with Crippen LogP contribution in [0.4, 0.5) is 0 Å². The third-order valence-corrected chi connectivity index (χ3v) is 3.12. The molecule has 2 nitrogen and oxygen atoms in total. The lowest BCUT2D eigenvalue weighted by Crippen LogP contribution is -2.25. The Labute approximate surface area is 112 Å². The Morgan fingerprint density at radius 1 is 1.11 bits per heavy atom. The standard InChI is InChI=1S/C16H27NO/c1-14(2)12-17-13-16(10-7-11-18-3)15-8-5-4-6-9-15/h4-6,8-9,14,16-17H,7,10-13H2,1-3H3. The Morgan fingerprint density at radius 2 is 1.83 bits per heavy atom. The van der Waals surface area contributed by atoms with Crippen LogP contribution in [0.3, 0.4) is 0 Å². The SMILES string of the molecule is COCCCC(CNCC(C)C)c1ccccc1. The molecular formula is C16H27NO. The number of ether oxygens (including phenoxy) is 1. The fraction of sp³-hybridized carbons (Fsp3) is 0.625. The van der Waals surface area contributed by atoms with Gasteiger partial charge in [-0.2, -0.15) is 0 Å². The highest BCUT2D eigenvalue weighted by atomic mass is 16.5. The van der Waals surface area contributed by atoms with E-state index in [9.17, 15) is 0 Å². The van der Waals surface area contributed by atoms with Gasteiger partial charge in [-0.25, -0.2) is 0 Å². The minimum atomic E-state index is 0.597. The second-order valence-corrected chi connectivity index (χ2v) is 5.29. The molecule has 0 heterocycles. The van der Waals surface area contributed by atoms with Crippen LogP contribution in [-0.4, -0.2) is 26.8 Å². The summed E-state index contributed by atoms with van der Waals surface area (Å²) in [6.07, 6.45) is 2.31. The fourth-order valence-corrected chi connectivity index (χ4v) is 2.13. The van der Waals surface area contributed by atoms with Crippen LogP contribution in [-0.2, 0) is 4.74 Å². The van der Waals surface area contributed by atoms with Gasteiger partial charge in [-0.3, -0.25) is 0 Å². The van der Waals surface area contributed by atoms with Crippen molar-refractivity contribution in [3.63, 3.8) is 0 Å². The maximum atomic E-state index is 5.15. The van der Waals surface area contributed by atoms with Gasteiger partial charge < -0.3 is 10.1 Å². The van der Waals surface area contributed by atoms with E-state index in [1.165, 1.54) is 12.0 Å². The summed E-state index contributed by atoms with van der Waals surface area (Å²) in [7, 11) is 1.77. The molecule has 0 saturated heterocycles. The van der Waals surface area contributed by atoms with E-state index in [2.05, 4.69) is 49.5 Å². The Morgan fingerprint density at radius 3 is 2.44 bits per heavy atom. The highest BCUT2D eigenvalue weighted by molar-refractivity contribution is 5.19. The van der Waals surface area contributed by atoms with Crippen LogP contribution in [0.5, 0.6) is 0 Å². The van der Waals surface area contributed by atoms with Gasteiger partial charge in [-0.05, 0) is 36.8 Å². The third kappa shape index (κ3) is 6.18. The Balaban J connectivity index is 2.47. The summed E-state index contributed by atoms with van der Waals surface area (Å²) >= 11 is 0. The van der Waals surface area contributed by atoms with Crippen LogP contribution >= 0.6 is 0 Å². The average molecular weight is 249 g/mol. The van der Waals surface area contributed by atoms with Gasteiger partial charge in [0.15, 0.2) is 0 Å². The quantitative estimate of drug-likeness (QED) is 0.677. The zero-order valence-corrected chi connectivity index (χ0v) is 12.0. The molecule has 0 aromatic heterocycles. The molecule has 1 unspecified atom stereocenters. The largest absolute Gasteiger partial charge is 0.385 e. The lowest BCUT2D eigenvalue weighted by Gasteiger charge is -2.19. The van der Waals surface area contributed by atoms with Crippen molar-refractivity contribution in [2.75, 3.05) is 26.8 Å². The van der Waals surface area contributed by atoms with Crippen molar-refractivity contribution < 1.29 is 4.74 Å². The Kier molecular flexibility index (Phi) is 7.70. The van der Waals surface area contributed by atoms with Gasteiger partial charge in [0.2, 0.25) is 0 Å². The highest BCUT2D eigenvalue weighted by Gasteiger charge is 2.10. The van der Waals surface area contributed by atoms with Crippen molar-refractivity contribution in [3.8, 4) is 0 Å². The molecule has 0 saturated carbocycles. The topological polar surface area (TPSA) is 21.3 Å². The zero-order chi connectivity index (χ0) is 13.2. The molecule has 0 spiro atoms. The minimum absolute atomic E-state index is 0.597. The Hall–Kier alpha value is -0.860. The second kappa shape index (κ2) is 9.12. The molecule has 2 heteroatoms. The number of benzene rings is 1. The van der Waals surface area contributed by atoms with Gasteiger partial charge in [0.25, 0.3) is 0 Å². The summed E-state index contributed by atoms with van der Waals surface area (Å²) in [6.45, 7) is 7.50. The number of methoxy groups -OCH3 is 1. The van der Waals surface area contributed by atoms with Crippen molar-refractivity contribution in [2.24, 2.45) is 5.92 Å². The molecule has 1 aromatic carbocycles. The molecule has 0 aliphatic carbocycles. The van der Waals surface area contributed by atoms with Crippen molar-refractivity contribution in [2.45, 2.75) is 32.6 Å². The molecule has 18 heavy (non-hydrogen) atoms. The summed E-state index contributed by atoms with van der Waals surface area (Å²) in [5, 5.41) is 3.57. The molecule has 102 valence electrons. The molecule has 1 aromatic rings. The van der Waals surface area contributed by atoms with Crippen molar-refractivity contribution in [3.05, 3.63) is 35.9 Å². The maximum absolute atomic E-state index is 5.15. The molecule has 1 N–H and O–H groups in total. The minimum Gasteiger partial charge on any atom is -0.385 e. The molecule has 0 aliphatic heterocycles. The van der Waals surface area contributed by atoms with E-state index < -0.39 is 0 Å². The molecular weight excluding hydrogens is 222 g/mol. The second-order valence-electron chi connectivity index (χ2n) is 5.29. The number of hydrogen-bond donors (Lipinski definition) is 1. The monoisotopic (exact) mass is 249 g/mol. The fourth-order valence-electron chi connectivity index (χ4n) is 2.13. The van der Waals surface area contributed by atoms with Gasteiger partial charge in [0.1, 0.15) is 0 Å². The van der Waals surface area contributed by atoms with E-state index in [1.807, 2.05) is 0 Å². The highest BCUT2D eigenvalue weighted by Crippen LogP contribution is 2.20. The number of rotatable bonds is 9. The summed E-state index contributed by atoms with van der Waals surface area (Å²) < 4.78 is 5.15. The lowest BCUT2D eigenvalue weighted by atomic mass is 9.94. The van der Waals surface area contributed by atoms with Crippen LogP contribution in [0.1, 0.15) is 38.2 Å². The van der Waals surface area contributed by atoms with Crippen molar-refractivity contribution in [1.82, 2.24) is 5.32 Å². The van der Waals surface area contributed by atoms with Crippen LogP contribution in [0, 0.1) is 5.92 Å². The van der Waals surface area contributed by atoms with E-state index in [0.717, 1.165) is 26.1 Å². The van der Waals surface area contributed by atoms with E-state index >= 15 is 0 Å². The summed E-state index contributed by atoms with van der Waals surface area (Å²) in [6, 6.07) is 10.8. The van der Waals surface area contributed by atoms with Crippen molar-refractivity contribution in [1.29, 1.82) is 0 Å². The van der Waals surface area contributed by atoms with Crippen LogP contribution in [0.15, 0.2) is 30.3 Å². The first-order valence-electron chi connectivity index (χ1n) is 6.98. The summed E-state index contributed by atoms with van der Waals surface area (Å²) in [5.74, 6) is 1.31. The van der Waals surface area contributed by atoms with Gasteiger partial charge in [-0.15, -0.1) is 0 Å². The molecule has 0 amide bonds. The normalized spacial score (nSPS) is 12.9. The van der Waals surface area contributed by atoms with Gasteiger partial charge in [0, 0.05) is 20.3 Å². The first-order valence-corrected chi connectivity index (χ1v) is 6.98. The van der Waals surface area contributed by atoms with Crippen LogP contribution in [0.25, 0.3) is 0 Å². The third-order valence-electron chi connectivity index (χ3n) is 3.12.